The summed E-state index contributed by atoms with van der Waals surface area (Å²) in [5.74, 6) is -1.75. The number of nitrogens with zero attached hydrogens (tertiary/aromatic N) is 3. The number of hydrogen-bond acceptors (Lipinski definition) is 4. The molecular formula is C16H21F3N4O3. The van der Waals surface area contributed by atoms with E-state index in [2.05, 4.69) is 10.3 Å². The highest BCUT2D eigenvalue weighted by Crippen LogP contribution is 2.33. The Morgan fingerprint density at radius 3 is 2.38 bits per heavy atom. The van der Waals surface area contributed by atoms with E-state index in [-0.39, 0.29) is 37.1 Å². The Labute approximate surface area is 148 Å². The molecule has 0 saturated heterocycles. The molecule has 1 fully saturated rings. The number of carbonyl (C=O) groups excluding carboxylic acids is 2. The van der Waals surface area contributed by atoms with Crippen molar-refractivity contribution in [3.05, 3.63) is 17.2 Å². The molecule has 3 rings (SSSR count). The third kappa shape index (κ3) is 3.94. The predicted molar refractivity (Wildman–Crippen MR) is 84.4 cm³/mol. The zero-order chi connectivity index (χ0) is 19.3. The number of ether oxygens (including phenoxy) is 1. The number of halogens is 3. The van der Waals surface area contributed by atoms with Gasteiger partial charge in [-0.2, -0.15) is 13.2 Å². The number of rotatable bonds is 2. The number of alkyl halides is 3. The summed E-state index contributed by atoms with van der Waals surface area (Å²) in [6.45, 7) is 4.89. The summed E-state index contributed by atoms with van der Waals surface area (Å²) in [6.07, 6.45) is -3.70. The number of carbonyl (C=O) groups is 2. The van der Waals surface area contributed by atoms with E-state index < -0.39 is 29.6 Å². The van der Waals surface area contributed by atoms with Gasteiger partial charge in [0.2, 0.25) is 5.82 Å². The number of imidazole rings is 1. The molecule has 1 aliphatic carbocycles. The number of amides is 2. The van der Waals surface area contributed by atoms with Crippen molar-refractivity contribution in [2.75, 3.05) is 6.54 Å². The van der Waals surface area contributed by atoms with Gasteiger partial charge in [-0.3, -0.25) is 4.79 Å². The lowest BCUT2D eigenvalue weighted by atomic mass is 10.2. The lowest BCUT2D eigenvalue weighted by molar-refractivity contribution is -0.147. The average Bonchev–Trinajstić information content (AvgIpc) is 3.21. The normalized spacial score (nSPS) is 17.7. The van der Waals surface area contributed by atoms with Gasteiger partial charge < -0.3 is 19.5 Å². The summed E-state index contributed by atoms with van der Waals surface area (Å²) in [6, 6.07) is -0.0141. The lowest BCUT2D eigenvalue weighted by Gasteiger charge is -2.31. The SMILES string of the molecule is CC(C)(C)OC(=O)N1CCn2c(C(F)(F)F)nc(C(=O)NC3CC3)c2C1. The Morgan fingerprint density at radius 1 is 1.19 bits per heavy atom. The molecule has 144 valence electrons. The highest BCUT2D eigenvalue weighted by atomic mass is 19.4. The van der Waals surface area contributed by atoms with Crippen molar-refractivity contribution in [1.82, 2.24) is 19.8 Å². The Kier molecular flexibility index (Phi) is 4.40. The standard InChI is InChI=1S/C16H21F3N4O3/c1-15(2,3)26-14(25)22-6-7-23-10(8-22)11(12(24)20-9-4-5-9)21-13(23)16(17,18)19/h9H,4-8H2,1-3H3,(H,20,24). The maximum absolute atomic E-state index is 13.3. The molecule has 0 unspecified atom stereocenters. The summed E-state index contributed by atoms with van der Waals surface area (Å²) < 4.78 is 46.1. The molecule has 0 radical (unpaired) electrons. The maximum Gasteiger partial charge on any atom is 0.449 e. The van der Waals surface area contributed by atoms with Crippen molar-refractivity contribution in [2.45, 2.75) is 64.5 Å². The van der Waals surface area contributed by atoms with Crippen LogP contribution in [0.5, 0.6) is 0 Å². The number of nitrogens with one attached hydrogen (secondary N) is 1. The molecule has 0 atom stereocenters. The van der Waals surface area contributed by atoms with E-state index in [1.165, 1.54) is 4.90 Å². The van der Waals surface area contributed by atoms with Crippen LogP contribution in [0.3, 0.4) is 0 Å². The fourth-order valence-corrected chi connectivity index (χ4v) is 2.73. The van der Waals surface area contributed by atoms with E-state index in [1.807, 2.05) is 0 Å². The van der Waals surface area contributed by atoms with Crippen molar-refractivity contribution < 1.29 is 27.5 Å². The zero-order valence-corrected chi connectivity index (χ0v) is 14.8. The van der Waals surface area contributed by atoms with Crippen molar-refractivity contribution in [1.29, 1.82) is 0 Å². The molecule has 1 aromatic rings. The molecule has 2 heterocycles. The van der Waals surface area contributed by atoms with E-state index in [0.717, 1.165) is 17.4 Å². The van der Waals surface area contributed by atoms with Crippen molar-refractivity contribution in [3.63, 3.8) is 0 Å². The zero-order valence-electron chi connectivity index (χ0n) is 14.8. The first-order chi connectivity index (χ1) is 12.0. The summed E-state index contributed by atoms with van der Waals surface area (Å²) in [7, 11) is 0. The molecule has 0 bridgehead atoms. The average molecular weight is 374 g/mol. The van der Waals surface area contributed by atoms with E-state index in [4.69, 9.17) is 4.74 Å². The van der Waals surface area contributed by atoms with Crippen molar-refractivity contribution >= 4 is 12.0 Å². The van der Waals surface area contributed by atoms with Crippen LogP contribution in [0.2, 0.25) is 0 Å². The van der Waals surface area contributed by atoms with E-state index in [0.29, 0.717) is 0 Å². The minimum Gasteiger partial charge on any atom is -0.444 e. The summed E-state index contributed by atoms with van der Waals surface area (Å²) in [4.78, 5) is 29.4. The number of fused-ring (bicyclic) bond motifs is 1. The monoisotopic (exact) mass is 374 g/mol. The third-order valence-corrected chi connectivity index (χ3v) is 4.04. The van der Waals surface area contributed by atoms with Crippen LogP contribution >= 0.6 is 0 Å². The molecule has 1 aliphatic heterocycles. The minimum absolute atomic E-state index is 0.0141. The van der Waals surface area contributed by atoms with Gasteiger partial charge in [-0.1, -0.05) is 0 Å². The second-order valence-corrected chi connectivity index (χ2v) is 7.53. The predicted octanol–water partition coefficient (Wildman–Crippen LogP) is 2.54. The molecule has 26 heavy (non-hydrogen) atoms. The minimum atomic E-state index is -4.68. The van der Waals surface area contributed by atoms with Crippen LogP contribution in [0, 0.1) is 0 Å². The molecule has 0 spiro atoms. The highest BCUT2D eigenvalue weighted by Gasteiger charge is 2.42. The maximum atomic E-state index is 13.3. The molecule has 0 aromatic carbocycles. The van der Waals surface area contributed by atoms with Gasteiger partial charge in [0.05, 0.1) is 12.2 Å². The van der Waals surface area contributed by atoms with Crippen LogP contribution in [0.1, 0.15) is 55.6 Å². The van der Waals surface area contributed by atoms with Gasteiger partial charge in [-0.05, 0) is 33.6 Å². The van der Waals surface area contributed by atoms with Gasteiger partial charge in [-0.15, -0.1) is 0 Å². The van der Waals surface area contributed by atoms with Gasteiger partial charge >= 0.3 is 12.3 Å². The smallest absolute Gasteiger partial charge is 0.444 e. The molecule has 1 saturated carbocycles. The highest BCUT2D eigenvalue weighted by molar-refractivity contribution is 5.94. The largest absolute Gasteiger partial charge is 0.449 e. The second kappa shape index (κ2) is 6.17. The Hall–Kier alpha value is -2.26. The van der Waals surface area contributed by atoms with Gasteiger partial charge in [-0.25, -0.2) is 9.78 Å². The summed E-state index contributed by atoms with van der Waals surface area (Å²) >= 11 is 0. The number of hydrogen-bond donors (Lipinski definition) is 1. The van der Waals surface area contributed by atoms with Crippen LogP contribution in [0.25, 0.3) is 0 Å². The first-order valence-corrected chi connectivity index (χ1v) is 8.41. The molecule has 1 aromatic heterocycles. The van der Waals surface area contributed by atoms with Crippen molar-refractivity contribution in [3.8, 4) is 0 Å². The van der Waals surface area contributed by atoms with Crippen LogP contribution < -0.4 is 5.32 Å². The molecule has 7 nitrogen and oxygen atoms in total. The Bertz CT molecular complexity index is 732. The summed E-state index contributed by atoms with van der Waals surface area (Å²) in [5, 5.41) is 2.65. The molecule has 1 N–H and O–H groups in total. The molecule has 2 aliphatic rings. The molecule has 10 heteroatoms. The van der Waals surface area contributed by atoms with Crippen LogP contribution in [-0.2, 0) is 24.0 Å². The fraction of sp³-hybridized carbons (Fsp3) is 0.688. The Morgan fingerprint density at radius 2 is 1.85 bits per heavy atom. The topological polar surface area (TPSA) is 76.5 Å². The first-order valence-electron chi connectivity index (χ1n) is 8.41. The van der Waals surface area contributed by atoms with Gasteiger partial charge in [0.1, 0.15) is 5.60 Å². The third-order valence-electron chi connectivity index (χ3n) is 4.04. The lowest BCUT2D eigenvalue weighted by Crippen LogP contribution is -2.42. The quantitative estimate of drug-likeness (QED) is 0.863. The molecule has 2 amide bonds. The van der Waals surface area contributed by atoms with Crippen molar-refractivity contribution in [2.24, 2.45) is 0 Å². The van der Waals surface area contributed by atoms with Gasteiger partial charge in [0.25, 0.3) is 5.91 Å². The fourth-order valence-electron chi connectivity index (χ4n) is 2.73. The summed E-state index contributed by atoms with van der Waals surface area (Å²) in [5.41, 5.74) is -0.928. The van der Waals surface area contributed by atoms with E-state index >= 15 is 0 Å². The van der Waals surface area contributed by atoms with E-state index in [1.54, 1.807) is 20.8 Å². The second-order valence-electron chi connectivity index (χ2n) is 7.53. The van der Waals surface area contributed by atoms with Crippen LogP contribution in [0.15, 0.2) is 0 Å². The van der Waals surface area contributed by atoms with Gasteiger partial charge in [0, 0.05) is 19.1 Å². The Balaban J connectivity index is 1.90. The molecular weight excluding hydrogens is 353 g/mol. The van der Waals surface area contributed by atoms with E-state index in [9.17, 15) is 22.8 Å². The number of aromatic nitrogens is 2. The van der Waals surface area contributed by atoms with Crippen LogP contribution in [0.4, 0.5) is 18.0 Å². The first kappa shape index (κ1) is 18.5. The van der Waals surface area contributed by atoms with Gasteiger partial charge in [0.15, 0.2) is 5.69 Å². The van der Waals surface area contributed by atoms with Crippen LogP contribution in [-0.4, -0.2) is 44.6 Å².